The number of nitrogens with zero attached hydrogens (tertiary/aromatic N) is 1. The number of aromatic amines is 1. The van der Waals surface area contributed by atoms with Gasteiger partial charge in [0.1, 0.15) is 6.23 Å². The van der Waals surface area contributed by atoms with Gasteiger partial charge in [-0.15, -0.1) is 0 Å². The second-order valence-electron chi connectivity index (χ2n) is 5.57. The van der Waals surface area contributed by atoms with E-state index >= 15 is 0 Å². The zero-order valence-electron chi connectivity index (χ0n) is 11.7. The molecule has 1 saturated heterocycles. The Morgan fingerprint density at radius 1 is 1.40 bits per heavy atom. The van der Waals surface area contributed by atoms with Crippen LogP contribution in [0.25, 0.3) is 10.8 Å². The van der Waals surface area contributed by atoms with Crippen molar-refractivity contribution in [1.29, 1.82) is 0 Å². The number of fused-ring (bicyclic) bond motifs is 1. The Morgan fingerprint density at radius 3 is 3.00 bits per heavy atom. The van der Waals surface area contributed by atoms with E-state index in [1.54, 1.807) is 0 Å². The quantitative estimate of drug-likeness (QED) is 0.895. The van der Waals surface area contributed by atoms with Crippen molar-refractivity contribution in [3.63, 3.8) is 0 Å². The summed E-state index contributed by atoms with van der Waals surface area (Å²) >= 11 is 0. The standard InChI is InChI=1S/C16H20N2O2/c1-11-4-2-5-13-14(11)10-12(17-16(13)20)7-9-18-8-3-6-15(18)19/h2,4-5,10,15,19H,3,6-9H2,1H3,(H,17,20). The van der Waals surface area contributed by atoms with Crippen LogP contribution < -0.4 is 5.56 Å². The van der Waals surface area contributed by atoms with E-state index < -0.39 is 0 Å². The summed E-state index contributed by atoms with van der Waals surface area (Å²) in [6.45, 7) is 3.75. The fourth-order valence-corrected chi connectivity index (χ4v) is 2.96. The van der Waals surface area contributed by atoms with Gasteiger partial charge in [-0.1, -0.05) is 12.1 Å². The fraction of sp³-hybridized carbons (Fsp3) is 0.438. The zero-order valence-corrected chi connectivity index (χ0v) is 11.7. The summed E-state index contributed by atoms with van der Waals surface area (Å²) in [5.74, 6) is 0. The first-order valence-electron chi connectivity index (χ1n) is 7.19. The average molecular weight is 272 g/mol. The van der Waals surface area contributed by atoms with Crippen molar-refractivity contribution >= 4 is 10.8 Å². The number of nitrogens with one attached hydrogen (secondary N) is 1. The lowest BCUT2D eigenvalue weighted by molar-refractivity contribution is 0.0390. The highest BCUT2D eigenvalue weighted by atomic mass is 16.3. The summed E-state index contributed by atoms with van der Waals surface area (Å²) in [4.78, 5) is 17.1. The Hall–Kier alpha value is -1.65. The van der Waals surface area contributed by atoms with E-state index in [0.717, 1.165) is 54.4 Å². The fourth-order valence-electron chi connectivity index (χ4n) is 2.96. The monoisotopic (exact) mass is 272 g/mol. The second-order valence-corrected chi connectivity index (χ2v) is 5.57. The summed E-state index contributed by atoms with van der Waals surface area (Å²) in [6, 6.07) is 7.85. The highest BCUT2D eigenvalue weighted by molar-refractivity contribution is 5.84. The number of likely N-dealkylation sites (tertiary alicyclic amines) is 1. The minimum Gasteiger partial charge on any atom is -0.378 e. The molecular weight excluding hydrogens is 252 g/mol. The summed E-state index contributed by atoms with van der Waals surface area (Å²) < 4.78 is 0. The number of pyridine rings is 1. The van der Waals surface area contributed by atoms with Gasteiger partial charge in [0, 0.05) is 30.6 Å². The van der Waals surface area contributed by atoms with E-state index in [1.165, 1.54) is 0 Å². The molecule has 0 bridgehead atoms. The third-order valence-electron chi connectivity index (χ3n) is 4.16. The topological polar surface area (TPSA) is 56.3 Å². The molecule has 1 aromatic heterocycles. The lowest BCUT2D eigenvalue weighted by Gasteiger charge is -2.19. The molecule has 106 valence electrons. The van der Waals surface area contributed by atoms with Crippen LogP contribution in [0.3, 0.4) is 0 Å². The molecular formula is C16H20N2O2. The first kappa shape index (κ1) is 13.3. The lowest BCUT2D eigenvalue weighted by atomic mass is 10.1. The Bertz CT molecular complexity index is 678. The molecule has 4 nitrogen and oxygen atoms in total. The molecule has 20 heavy (non-hydrogen) atoms. The van der Waals surface area contributed by atoms with Crippen LogP contribution in [0.5, 0.6) is 0 Å². The van der Waals surface area contributed by atoms with E-state index in [0.29, 0.717) is 0 Å². The van der Waals surface area contributed by atoms with Gasteiger partial charge in [-0.05, 0) is 42.8 Å². The number of benzene rings is 1. The first-order valence-corrected chi connectivity index (χ1v) is 7.19. The number of aromatic nitrogens is 1. The third kappa shape index (κ3) is 2.49. The molecule has 1 atom stereocenters. The number of aryl methyl sites for hydroxylation is 1. The maximum atomic E-state index is 12.1. The van der Waals surface area contributed by atoms with Crippen molar-refractivity contribution < 1.29 is 5.11 Å². The molecule has 1 unspecified atom stereocenters. The average Bonchev–Trinajstić information content (AvgIpc) is 2.83. The van der Waals surface area contributed by atoms with Crippen molar-refractivity contribution in [1.82, 2.24) is 9.88 Å². The van der Waals surface area contributed by atoms with Crippen LogP contribution in [0.2, 0.25) is 0 Å². The number of hydrogen-bond donors (Lipinski definition) is 2. The van der Waals surface area contributed by atoms with Crippen molar-refractivity contribution in [3.05, 3.63) is 45.9 Å². The molecule has 0 aliphatic carbocycles. The predicted octanol–water partition coefficient (Wildman–Crippen LogP) is 1.79. The molecule has 2 heterocycles. The van der Waals surface area contributed by atoms with Gasteiger partial charge in [-0.25, -0.2) is 0 Å². The van der Waals surface area contributed by atoms with Gasteiger partial charge in [0.2, 0.25) is 0 Å². The van der Waals surface area contributed by atoms with Crippen molar-refractivity contribution in [2.24, 2.45) is 0 Å². The van der Waals surface area contributed by atoms with E-state index in [4.69, 9.17) is 0 Å². The first-order chi connectivity index (χ1) is 9.65. The van der Waals surface area contributed by atoms with Crippen molar-refractivity contribution in [3.8, 4) is 0 Å². The van der Waals surface area contributed by atoms with Gasteiger partial charge >= 0.3 is 0 Å². The van der Waals surface area contributed by atoms with E-state index in [2.05, 4.69) is 16.0 Å². The predicted molar refractivity (Wildman–Crippen MR) is 79.8 cm³/mol. The van der Waals surface area contributed by atoms with E-state index in [-0.39, 0.29) is 11.8 Å². The van der Waals surface area contributed by atoms with Gasteiger partial charge < -0.3 is 10.1 Å². The minimum absolute atomic E-state index is 0.0248. The number of H-pyrrole nitrogens is 1. The summed E-state index contributed by atoms with van der Waals surface area (Å²) in [6.07, 6.45) is 2.35. The molecule has 4 heteroatoms. The summed E-state index contributed by atoms with van der Waals surface area (Å²) in [7, 11) is 0. The molecule has 1 aromatic carbocycles. The van der Waals surface area contributed by atoms with Gasteiger partial charge in [0.25, 0.3) is 5.56 Å². The Kier molecular flexibility index (Phi) is 3.59. The highest BCUT2D eigenvalue weighted by Gasteiger charge is 2.21. The molecule has 0 spiro atoms. The molecule has 1 aliphatic heterocycles. The van der Waals surface area contributed by atoms with Gasteiger partial charge in [-0.2, -0.15) is 0 Å². The van der Waals surface area contributed by atoms with Crippen LogP contribution in [-0.4, -0.2) is 34.3 Å². The van der Waals surface area contributed by atoms with E-state index in [9.17, 15) is 9.90 Å². The lowest BCUT2D eigenvalue weighted by Crippen LogP contribution is -2.31. The van der Waals surface area contributed by atoms with Crippen LogP contribution in [0.15, 0.2) is 29.1 Å². The van der Waals surface area contributed by atoms with Gasteiger partial charge in [0.05, 0.1) is 0 Å². The molecule has 0 radical (unpaired) electrons. The zero-order chi connectivity index (χ0) is 14.1. The second kappa shape index (κ2) is 5.38. The largest absolute Gasteiger partial charge is 0.378 e. The number of hydrogen-bond acceptors (Lipinski definition) is 3. The Morgan fingerprint density at radius 2 is 2.25 bits per heavy atom. The van der Waals surface area contributed by atoms with Gasteiger partial charge in [0.15, 0.2) is 0 Å². The Balaban J connectivity index is 1.85. The molecule has 1 fully saturated rings. The van der Waals surface area contributed by atoms with Crippen LogP contribution >= 0.6 is 0 Å². The summed E-state index contributed by atoms with van der Waals surface area (Å²) in [5.41, 5.74) is 2.04. The van der Waals surface area contributed by atoms with Crippen LogP contribution in [0.1, 0.15) is 24.1 Å². The molecule has 2 aromatic rings. The highest BCUT2D eigenvalue weighted by Crippen LogP contribution is 2.17. The molecule has 0 saturated carbocycles. The smallest absolute Gasteiger partial charge is 0.256 e. The number of aliphatic hydroxyl groups is 1. The Labute approximate surface area is 118 Å². The van der Waals surface area contributed by atoms with E-state index in [1.807, 2.05) is 25.1 Å². The van der Waals surface area contributed by atoms with Crippen molar-refractivity contribution in [2.45, 2.75) is 32.4 Å². The number of aliphatic hydroxyl groups excluding tert-OH is 1. The molecule has 3 rings (SSSR count). The third-order valence-corrected chi connectivity index (χ3v) is 4.16. The maximum absolute atomic E-state index is 12.1. The molecule has 0 amide bonds. The van der Waals surface area contributed by atoms with Crippen molar-refractivity contribution in [2.75, 3.05) is 13.1 Å². The molecule has 2 N–H and O–H groups in total. The van der Waals surface area contributed by atoms with Crippen LogP contribution in [0, 0.1) is 6.92 Å². The maximum Gasteiger partial charge on any atom is 0.256 e. The minimum atomic E-state index is -0.316. The SMILES string of the molecule is Cc1cccc2c(=O)[nH]c(CCN3CCCC3O)cc12. The van der Waals surface area contributed by atoms with Crippen LogP contribution in [0.4, 0.5) is 0 Å². The van der Waals surface area contributed by atoms with Crippen LogP contribution in [-0.2, 0) is 6.42 Å². The summed E-state index contributed by atoms with van der Waals surface area (Å²) in [5, 5.41) is 11.6. The number of rotatable bonds is 3. The van der Waals surface area contributed by atoms with Gasteiger partial charge in [-0.3, -0.25) is 9.69 Å². The molecule has 1 aliphatic rings. The normalized spacial score (nSPS) is 19.8.